The third-order valence-electron chi connectivity index (χ3n) is 4.84. The van der Waals surface area contributed by atoms with Crippen LogP contribution in [0.3, 0.4) is 0 Å². The van der Waals surface area contributed by atoms with Crippen LogP contribution in [0.4, 0.5) is 4.39 Å². The molecule has 1 saturated heterocycles. The van der Waals surface area contributed by atoms with E-state index in [2.05, 4.69) is 0 Å². The molecule has 1 aliphatic heterocycles. The molecule has 26 heavy (non-hydrogen) atoms. The highest BCUT2D eigenvalue weighted by Gasteiger charge is 2.31. The maximum atomic E-state index is 13.4. The van der Waals surface area contributed by atoms with Crippen molar-refractivity contribution in [2.75, 3.05) is 6.54 Å². The average molecular weight is 351 g/mol. The standard InChI is InChI=1S/C21H18FNO3/c22-15-6-3-5-14(11-15)12-16-7-4-10-23(16)21(25)20-13-18(24)17-8-1-2-9-19(17)26-20/h1-3,5-6,8-9,11,13,16H,4,7,10,12H2. The van der Waals surface area contributed by atoms with Crippen LogP contribution in [-0.4, -0.2) is 23.4 Å². The van der Waals surface area contributed by atoms with E-state index in [1.165, 1.54) is 18.2 Å². The Kier molecular flexibility index (Phi) is 4.29. The highest BCUT2D eigenvalue weighted by atomic mass is 19.1. The maximum absolute atomic E-state index is 13.4. The molecule has 0 N–H and O–H groups in total. The first-order valence-electron chi connectivity index (χ1n) is 8.70. The fourth-order valence-corrected chi connectivity index (χ4v) is 3.60. The second-order valence-electron chi connectivity index (χ2n) is 6.60. The molecule has 1 fully saturated rings. The summed E-state index contributed by atoms with van der Waals surface area (Å²) in [5.41, 5.74) is 1.04. The molecule has 1 amide bonds. The highest BCUT2D eigenvalue weighted by Crippen LogP contribution is 2.24. The fourth-order valence-electron chi connectivity index (χ4n) is 3.60. The smallest absolute Gasteiger partial charge is 0.289 e. The van der Waals surface area contributed by atoms with Crippen LogP contribution in [0.2, 0.25) is 0 Å². The SMILES string of the molecule is O=C(c1cc(=O)c2ccccc2o1)N1CCCC1Cc1cccc(F)c1. The number of likely N-dealkylation sites (tertiary alicyclic amines) is 1. The zero-order chi connectivity index (χ0) is 18.1. The number of carbonyl (C=O) groups excluding carboxylic acids is 1. The monoisotopic (exact) mass is 351 g/mol. The van der Waals surface area contributed by atoms with Crippen molar-refractivity contribution in [3.8, 4) is 0 Å². The quantitative estimate of drug-likeness (QED) is 0.722. The zero-order valence-electron chi connectivity index (χ0n) is 14.2. The number of benzene rings is 2. The number of hydrogen-bond donors (Lipinski definition) is 0. The number of carbonyl (C=O) groups is 1. The highest BCUT2D eigenvalue weighted by molar-refractivity contribution is 5.93. The number of fused-ring (bicyclic) bond motifs is 1. The van der Waals surface area contributed by atoms with Gasteiger partial charge < -0.3 is 9.32 Å². The summed E-state index contributed by atoms with van der Waals surface area (Å²) in [7, 11) is 0. The van der Waals surface area contributed by atoms with Crippen molar-refractivity contribution in [2.45, 2.75) is 25.3 Å². The van der Waals surface area contributed by atoms with Crippen molar-refractivity contribution in [3.63, 3.8) is 0 Å². The van der Waals surface area contributed by atoms with Crippen LogP contribution in [0.15, 0.2) is 63.8 Å². The average Bonchev–Trinajstić information content (AvgIpc) is 3.09. The van der Waals surface area contributed by atoms with Crippen molar-refractivity contribution in [1.82, 2.24) is 4.90 Å². The minimum absolute atomic E-state index is 0.0268. The molecule has 3 aromatic rings. The van der Waals surface area contributed by atoms with E-state index < -0.39 is 0 Å². The predicted octanol–water partition coefficient (Wildman–Crippen LogP) is 3.78. The van der Waals surface area contributed by atoms with E-state index in [0.717, 1.165) is 18.4 Å². The van der Waals surface area contributed by atoms with E-state index >= 15 is 0 Å². The Morgan fingerprint density at radius 2 is 2.00 bits per heavy atom. The van der Waals surface area contributed by atoms with Gasteiger partial charge in [0.2, 0.25) is 0 Å². The van der Waals surface area contributed by atoms with Gasteiger partial charge in [0, 0.05) is 18.7 Å². The molecule has 2 heterocycles. The first-order chi connectivity index (χ1) is 12.6. The van der Waals surface area contributed by atoms with Gasteiger partial charge in [0.1, 0.15) is 11.4 Å². The van der Waals surface area contributed by atoms with Crippen LogP contribution in [0.1, 0.15) is 29.0 Å². The molecule has 4 rings (SSSR count). The Morgan fingerprint density at radius 1 is 1.15 bits per heavy atom. The van der Waals surface area contributed by atoms with Crippen molar-refractivity contribution in [2.24, 2.45) is 0 Å². The Hall–Kier alpha value is -2.95. The van der Waals surface area contributed by atoms with Gasteiger partial charge >= 0.3 is 0 Å². The summed E-state index contributed by atoms with van der Waals surface area (Å²) in [6.45, 7) is 0.607. The van der Waals surface area contributed by atoms with Gasteiger partial charge in [0.05, 0.1) is 5.39 Å². The number of rotatable bonds is 3. The second kappa shape index (κ2) is 6.75. The fraction of sp³-hybridized carbons (Fsp3) is 0.238. The molecule has 2 aromatic carbocycles. The van der Waals surface area contributed by atoms with Gasteiger partial charge in [-0.3, -0.25) is 9.59 Å². The van der Waals surface area contributed by atoms with Crippen LogP contribution in [0.25, 0.3) is 11.0 Å². The summed E-state index contributed by atoms with van der Waals surface area (Å²) in [4.78, 5) is 26.9. The molecule has 1 aromatic heterocycles. The Bertz CT molecular complexity index is 1030. The number of amides is 1. The normalized spacial score (nSPS) is 17.0. The molecule has 4 nitrogen and oxygen atoms in total. The lowest BCUT2D eigenvalue weighted by molar-refractivity contribution is 0.0704. The molecule has 0 bridgehead atoms. The summed E-state index contributed by atoms with van der Waals surface area (Å²) in [5.74, 6) is -0.509. The van der Waals surface area contributed by atoms with Gasteiger partial charge in [-0.25, -0.2) is 4.39 Å². The molecular formula is C21H18FNO3. The molecular weight excluding hydrogens is 333 g/mol. The topological polar surface area (TPSA) is 50.5 Å². The van der Waals surface area contributed by atoms with Gasteiger partial charge in [0.25, 0.3) is 5.91 Å². The predicted molar refractivity (Wildman–Crippen MR) is 96.6 cm³/mol. The molecule has 0 aliphatic carbocycles. The van der Waals surface area contributed by atoms with Gasteiger partial charge in [-0.1, -0.05) is 24.3 Å². The molecule has 1 atom stereocenters. The summed E-state index contributed by atoms with van der Waals surface area (Å²) in [6.07, 6.45) is 2.31. The molecule has 0 spiro atoms. The number of para-hydroxylation sites is 1. The van der Waals surface area contributed by atoms with E-state index in [9.17, 15) is 14.0 Å². The summed E-state index contributed by atoms with van der Waals surface area (Å²) in [6, 6.07) is 14.6. The van der Waals surface area contributed by atoms with Crippen LogP contribution < -0.4 is 5.43 Å². The Morgan fingerprint density at radius 3 is 2.85 bits per heavy atom. The zero-order valence-corrected chi connectivity index (χ0v) is 14.2. The van der Waals surface area contributed by atoms with Gasteiger partial charge in [-0.2, -0.15) is 0 Å². The first-order valence-corrected chi connectivity index (χ1v) is 8.70. The van der Waals surface area contributed by atoms with Gasteiger partial charge in [0.15, 0.2) is 11.2 Å². The van der Waals surface area contributed by atoms with Crippen molar-refractivity contribution < 1.29 is 13.6 Å². The Balaban J connectivity index is 1.61. The summed E-state index contributed by atoms with van der Waals surface area (Å²) in [5, 5.41) is 0.460. The van der Waals surface area contributed by atoms with Crippen LogP contribution in [0, 0.1) is 5.82 Å². The van der Waals surface area contributed by atoms with Crippen LogP contribution >= 0.6 is 0 Å². The van der Waals surface area contributed by atoms with E-state index in [1.54, 1.807) is 35.2 Å². The molecule has 1 aliphatic rings. The number of nitrogens with zero attached hydrogens (tertiary/aromatic N) is 1. The molecule has 1 unspecified atom stereocenters. The van der Waals surface area contributed by atoms with Crippen molar-refractivity contribution in [3.05, 3.63) is 82.0 Å². The largest absolute Gasteiger partial charge is 0.451 e. The van der Waals surface area contributed by atoms with Crippen LogP contribution in [-0.2, 0) is 6.42 Å². The van der Waals surface area contributed by atoms with Gasteiger partial charge in [-0.05, 0) is 49.1 Å². The lowest BCUT2D eigenvalue weighted by atomic mass is 10.0. The Labute approximate surface area is 149 Å². The molecule has 132 valence electrons. The molecule has 0 saturated carbocycles. The van der Waals surface area contributed by atoms with E-state index in [-0.39, 0.29) is 29.0 Å². The van der Waals surface area contributed by atoms with E-state index in [0.29, 0.717) is 23.9 Å². The third kappa shape index (κ3) is 3.12. The summed E-state index contributed by atoms with van der Waals surface area (Å²) < 4.78 is 19.1. The first kappa shape index (κ1) is 16.5. The lowest BCUT2D eigenvalue weighted by Crippen LogP contribution is -2.37. The molecule has 5 heteroatoms. The number of halogens is 1. The van der Waals surface area contributed by atoms with Gasteiger partial charge in [-0.15, -0.1) is 0 Å². The van der Waals surface area contributed by atoms with E-state index in [1.807, 2.05) is 6.07 Å². The second-order valence-corrected chi connectivity index (χ2v) is 6.60. The third-order valence-corrected chi connectivity index (χ3v) is 4.84. The minimum Gasteiger partial charge on any atom is -0.451 e. The number of hydrogen-bond acceptors (Lipinski definition) is 3. The van der Waals surface area contributed by atoms with Crippen molar-refractivity contribution >= 4 is 16.9 Å². The molecule has 0 radical (unpaired) electrons. The maximum Gasteiger partial charge on any atom is 0.289 e. The summed E-state index contributed by atoms with van der Waals surface area (Å²) >= 11 is 0. The lowest BCUT2D eigenvalue weighted by Gasteiger charge is -2.24. The van der Waals surface area contributed by atoms with E-state index in [4.69, 9.17) is 4.42 Å². The van der Waals surface area contributed by atoms with Crippen LogP contribution in [0.5, 0.6) is 0 Å². The van der Waals surface area contributed by atoms with Crippen molar-refractivity contribution in [1.29, 1.82) is 0 Å². The minimum atomic E-state index is -0.285.